The number of nitrogens with zero attached hydrogens (tertiary/aromatic N) is 3. The smallest absolute Gasteiger partial charge is 0.255 e. The van der Waals surface area contributed by atoms with Crippen LogP contribution in [0.25, 0.3) is 28.3 Å². The maximum atomic E-state index is 14.3. The van der Waals surface area contributed by atoms with Crippen molar-refractivity contribution in [2.24, 2.45) is 17.6 Å². The van der Waals surface area contributed by atoms with Crippen LogP contribution in [-0.4, -0.2) is 82.5 Å². The van der Waals surface area contributed by atoms with E-state index < -0.39 is 58.0 Å². The highest BCUT2D eigenvalue weighted by atomic mass is 16.5. The first kappa shape index (κ1) is 32.1. The summed E-state index contributed by atoms with van der Waals surface area (Å²) in [5, 5.41) is 35.1. The van der Waals surface area contributed by atoms with E-state index >= 15 is 0 Å². The van der Waals surface area contributed by atoms with Gasteiger partial charge in [-0.15, -0.1) is 0 Å². The van der Waals surface area contributed by atoms with Gasteiger partial charge in [0, 0.05) is 36.8 Å². The Morgan fingerprint density at radius 3 is 2.39 bits per heavy atom. The Morgan fingerprint density at radius 1 is 1.06 bits per heavy atom. The number of rotatable bonds is 7. The van der Waals surface area contributed by atoms with Gasteiger partial charge >= 0.3 is 0 Å². The standard InChI is InChI=1S/C37H36N4O8/c1-40(2)25-16-24-32(49-36(39-24)19-10-12-21(13-11-19)48-17-18-8-6-5-7-9-18)27-22(25)14-20-15-23-29(41(3)4)31(43)28(35(38)46)34(45)37(23,47)33(44)26(20)30(27)42/h5-13,16,20,23,29,42,45,47H,14-15,17H2,1-4H3,(H2,38,46)/t20-,23-,29-,37?/m0/s1. The minimum Gasteiger partial charge on any atom is -0.508 e. The van der Waals surface area contributed by atoms with Gasteiger partial charge in [-0.3, -0.25) is 19.3 Å². The molecule has 0 aliphatic heterocycles. The lowest BCUT2D eigenvalue weighted by molar-refractivity contribution is -0.153. The second-order valence-electron chi connectivity index (χ2n) is 13.3. The van der Waals surface area contributed by atoms with Crippen molar-refractivity contribution in [2.75, 3.05) is 33.1 Å². The summed E-state index contributed by atoms with van der Waals surface area (Å²) in [5.41, 5.74) is 5.91. The number of ether oxygens (including phenoxy) is 1. The summed E-state index contributed by atoms with van der Waals surface area (Å²) in [7, 11) is 6.88. The van der Waals surface area contributed by atoms with Crippen LogP contribution in [0.4, 0.5) is 5.69 Å². The van der Waals surface area contributed by atoms with Crippen molar-refractivity contribution in [1.29, 1.82) is 0 Å². The Balaban J connectivity index is 1.32. The largest absolute Gasteiger partial charge is 0.508 e. The van der Waals surface area contributed by atoms with Crippen LogP contribution in [0.3, 0.4) is 0 Å². The zero-order chi connectivity index (χ0) is 34.9. The van der Waals surface area contributed by atoms with Gasteiger partial charge in [0.2, 0.25) is 11.7 Å². The van der Waals surface area contributed by atoms with Crippen molar-refractivity contribution < 1.29 is 38.9 Å². The van der Waals surface area contributed by atoms with E-state index in [1.54, 1.807) is 14.1 Å². The van der Waals surface area contributed by atoms with Gasteiger partial charge < -0.3 is 35.1 Å². The number of aromatic nitrogens is 1. The predicted molar refractivity (Wildman–Crippen MR) is 181 cm³/mol. The fourth-order valence-corrected chi connectivity index (χ4v) is 7.64. The normalized spacial score (nSPS) is 23.4. The van der Waals surface area contributed by atoms with Crippen LogP contribution in [0.15, 0.2) is 82.0 Å². The number of primary amides is 1. The first-order valence-electron chi connectivity index (χ1n) is 15.9. The lowest BCUT2D eigenvalue weighted by Gasteiger charge is -2.50. The Kier molecular flexibility index (Phi) is 7.60. The van der Waals surface area contributed by atoms with E-state index in [0.717, 1.165) is 11.3 Å². The second kappa shape index (κ2) is 11.6. The summed E-state index contributed by atoms with van der Waals surface area (Å²) in [5.74, 6) is -5.33. The van der Waals surface area contributed by atoms with E-state index in [1.165, 1.54) is 4.90 Å². The fraction of sp³-hybridized carbons (Fsp3) is 0.297. The first-order valence-corrected chi connectivity index (χ1v) is 15.9. The molecule has 1 saturated carbocycles. The van der Waals surface area contributed by atoms with Crippen molar-refractivity contribution in [3.05, 3.63) is 94.3 Å². The molecule has 3 aliphatic carbocycles. The Labute approximate surface area is 281 Å². The molecule has 1 fully saturated rings. The van der Waals surface area contributed by atoms with E-state index in [9.17, 15) is 29.7 Å². The molecule has 0 radical (unpaired) electrons. The number of nitrogens with two attached hydrogens (primary N) is 1. The van der Waals surface area contributed by atoms with Crippen LogP contribution >= 0.6 is 0 Å². The Hall–Kier alpha value is -5.46. The number of carbonyl (C=O) groups excluding carboxylic acids is 3. The van der Waals surface area contributed by atoms with Crippen molar-refractivity contribution in [3.8, 4) is 17.2 Å². The first-order chi connectivity index (χ1) is 23.3. The molecule has 1 unspecified atom stereocenters. The van der Waals surface area contributed by atoms with Crippen LogP contribution in [0, 0.1) is 11.8 Å². The monoisotopic (exact) mass is 664 g/mol. The van der Waals surface area contributed by atoms with Crippen LogP contribution < -0.4 is 15.4 Å². The van der Waals surface area contributed by atoms with Crippen LogP contribution in [0.1, 0.15) is 23.1 Å². The molecule has 5 N–H and O–H groups in total. The van der Waals surface area contributed by atoms with Crippen molar-refractivity contribution in [3.63, 3.8) is 0 Å². The average molecular weight is 665 g/mol. The van der Waals surface area contributed by atoms with Gasteiger partial charge in [0.1, 0.15) is 35.0 Å². The summed E-state index contributed by atoms with van der Waals surface area (Å²) in [4.78, 5) is 48.1. The van der Waals surface area contributed by atoms with E-state index in [1.807, 2.05) is 79.7 Å². The van der Waals surface area contributed by atoms with Crippen molar-refractivity contribution in [2.45, 2.75) is 31.1 Å². The van der Waals surface area contributed by atoms with Crippen LogP contribution in [0.2, 0.25) is 0 Å². The van der Waals surface area contributed by atoms with Crippen molar-refractivity contribution in [1.82, 2.24) is 9.88 Å². The van der Waals surface area contributed by atoms with Gasteiger partial charge in [-0.1, -0.05) is 30.3 Å². The molecule has 0 bridgehead atoms. The molecule has 4 aromatic rings. The molecule has 7 rings (SSSR count). The topological polar surface area (TPSA) is 180 Å². The minimum absolute atomic E-state index is 0.0526. The molecular weight excluding hydrogens is 628 g/mol. The highest BCUT2D eigenvalue weighted by Crippen LogP contribution is 2.53. The number of aliphatic hydroxyl groups is 3. The van der Waals surface area contributed by atoms with E-state index in [2.05, 4.69) is 0 Å². The molecule has 4 atom stereocenters. The fourth-order valence-electron chi connectivity index (χ4n) is 7.64. The highest BCUT2D eigenvalue weighted by Gasteiger charge is 2.64. The second-order valence-corrected chi connectivity index (χ2v) is 13.3. The van der Waals surface area contributed by atoms with E-state index in [0.29, 0.717) is 29.0 Å². The van der Waals surface area contributed by atoms with E-state index in [4.69, 9.17) is 19.9 Å². The maximum Gasteiger partial charge on any atom is 0.255 e. The van der Waals surface area contributed by atoms with Crippen molar-refractivity contribution >= 4 is 40.0 Å². The van der Waals surface area contributed by atoms with Gasteiger partial charge in [-0.2, -0.15) is 0 Å². The number of Topliss-reactive ketones (excluding diaryl/α,β-unsaturated/α-hetero) is 2. The molecule has 1 amide bonds. The predicted octanol–water partition coefficient (Wildman–Crippen LogP) is 3.71. The van der Waals surface area contributed by atoms with Gasteiger partial charge in [0.05, 0.1) is 11.6 Å². The number of hydrogen-bond acceptors (Lipinski definition) is 11. The van der Waals surface area contributed by atoms with Crippen LogP contribution in [-0.2, 0) is 27.4 Å². The third-order valence-electron chi connectivity index (χ3n) is 9.91. The van der Waals surface area contributed by atoms with Gasteiger partial charge in [0.15, 0.2) is 17.0 Å². The van der Waals surface area contributed by atoms with Gasteiger partial charge in [0.25, 0.3) is 5.91 Å². The molecule has 252 valence electrons. The number of carbonyl (C=O) groups is 3. The quantitative estimate of drug-likeness (QED) is 0.212. The number of benzene rings is 3. The number of aliphatic hydroxyl groups excluding tert-OH is 2. The van der Waals surface area contributed by atoms with Crippen LogP contribution in [0.5, 0.6) is 5.75 Å². The lowest BCUT2D eigenvalue weighted by atomic mass is 9.57. The Bertz CT molecular complexity index is 2100. The SMILES string of the molecule is CN(C)c1cc2nc(-c3ccc(OCc4ccccc4)cc3)oc2c2c1C[C@H]1C[C@H]3[C@H](N(C)C)C(=O)C(C(N)=O)=C(O)C3(O)C(=O)C1=C2O. The third-order valence-corrected chi connectivity index (χ3v) is 9.91. The summed E-state index contributed by atoms with van der Waals surface area (Å²) in [6.07, 6.45) is 0.318. The average Bonchev–Trinajstić information content (AvgIpc) is 3.49. The minimum atomic E-state index is -2.67. The number of hydrogen-bond donors (Lipinski definition) is 4. The molecule has 0 saturated heterocycles. The maximum absolute atomic E-state index is 14.3. The summed E-state index contributed by atoms with van der Waals surface area (Å²) >= 11 is 0. The lowest BCUT2D eigenvalue weighted by Crippen LogP contribution is -2.65. The number of ketones is 2. The number of fused-ring (bicyclic) bond motifs is 5. The molecule has 49 heavy (non-hydrogen) atoms. The molecule has 12 heteroatoms. The highest BCUT2D eigenvalue weighted by molar-refractivity contribution is 6.24. The molecule has 1 heterocycles. The molecular formula is C37H36N4O8. The molecule has 3 aromatic carbocycles. The number of amides is 1. The summed E-state index contributed by atoms with van der Waals surface area (Å²) < 4.78 is 12.2. The summed E-state index contributed by atoms with van der Waals surface area (Å²) in [6, 6.07) is 17.8. The zero-order valence-electron chi connectivity index (χ0n) is 27.4. The number of likely N-dealkylation sites (N-methyl/N-ethyl adjacent to an activating group) is 1. The molecule has 3 aliphatic rings. The van der Waals surface area contributed by atoms with Gasteiger partial charge in [-0.05, 0) is 74.3 Å². The van der Waals surface area contributed by atoms with Gasteiger partial charge in [-0.25, -0.2) is 4.98 Å². The molecule has 1 aromatic heterocycles. The third kappa shape index (κ3) is 4.89. The Morgan fingerprint density at radius 2 is 1.76 bits per heavy atom. The summed E-state index contributed by atoms with van der Waals surface area (Å²) in [6.45, 7) is 0.412. The molecule has 0 spiro atoms. The zero-order valence-corrected chi connectivity index (χ0v) is 27.4. The number of oxazole rings is 1. The molecule has 12 nitrogen and oxygen atoms in total. The van der Waals surface area contributed by atoms with E-state index in [-0.39, 0.29) is 35.5 Å². The number of anilines is 1.